The van der Waals surface area contributed by atoms with E-state index in [9.17, 15) is 9.59 Å². The summed E-state index contributed by atoms with van der Waals surface area (Å²) in [5.41, 5.74) is 6.79. The Balaban J connectivity index is 1.32. The zero-order valence-electron chi connectivity index (χ0n) is 16.0. The molecule has 1 aliphatic rings. The summed E-state index contributed by atoms with van der Waals surface area (Å²) in [5.74, 6) is 10.5. The highest BCUT2D eigenvalue weighted by atomic mass is 32.1. The predicted octanol–water partition coefficient (Wildman–Crippen LogP) is 3.24. The summed E-state index contributed by atoms with van der Waals surface area (Å²) in [7, 11) is 0. The fourth-order valence-electron chi connectivity index (χ4n) is 3.50. The second-order valence-electron chi connectivity index (χ2n) is 6.62. The van der Waals surface area contributed by atoms with Gasteiger partial charge in [-0.05, 0) is 34.4 Å². The first-order valence-corrected chi connectivity index (χ1v) is 10.2. The van der Waals surface area contributed by atoms with Crippen LogP contribution in [0.1, 0.15) is 31.6 Å². The molecule has 3 aromatic rings. The van der Waals surface area contributed by atoms with Crippen LogP contribution < -0.4 is 16.6 Å². The highest BCUT2D eigenvalue weighted by Crippen LogP contribution is 2.44. The minimum Gasteiger partial charge on any atom is -0.449 e. The molecule has 1 aliphatic carbocycles. The van der Waals surface area contributed by atoms with Crippen molar-refractivity contribution in [3.8, 4) is 23.0 Å². The second kappa shape index (κ2) is 8.82. The van der Waals surface area contributed by atoms with Crippen LogP contribution in [0.2, 0.25) is 0 Å². The number of nitrogen functional groups attached to an aromatic ring is 1. The normalized spacial score (nSPS) is 11.6. The predicted molar refractivity (Wildman–Crippen MR) is 116 cm³/mol. The standard InChI is InChI=1S/C23H19N3O3S/c24-26-22(27)21-12-11-15(30-21)6-5-13-25-23(28)29-14-20-18-9-3-1-7-16(18)17-8-2-4-10-19(17)20/h1-4,7-12,20H,13-14,24H2,(H,25,28)(H,26,27). The van der Waals surface area contributed by atoms with Crippen molar-refractivity contribution in [3.63, 3.8) is 0 Å². The molecule has 1 heterocycles. The van der Waals surface area contributed by atoms with Gasteiger partial charge in [0.2, 0.25) is 0 Å². The summed E-state index contributed by atoms with van der Waals surface area (Å²) >= 11 is 1.23. The van der Waals surface area contributed by atoms with Gasteiger partial charge < -0.3 is 10.1 Å². The van der Waals surface area contributed by atoms with Crippen molar-refractivity contribution in [2.75, 3.05) is 13.2 Å². The van der Waals surface area contributed by atoms with E-state index in [-0.39, 0.29) is 25.0 Å². The Labute approximate surface area is 178 Å². The fourth-order valence-corrected chi connectivity index (χ4v) is 4.28. The van der Waals surface area contributed by atoms with Crippen LogP contribution in [0.25, 0.3) is 11.1 Å². The molecule has 0 saturated carbocycles. The molecular formula is C23H19N3O3S. The molecule has 0 saturated heterocycles. The molecule has 0 fully saturated rings. The Hall–Kier alpha value is -3.60. The molecule has 0 unspecified atom stereocenters. The molecule has 30 heavy (non-hydrogen) atoms. The van der Waals surface area contributed by atoms with Crippen molar-refractivity contribution in [1.29, 1.82) is 0 Å². The number of carbonyl (C=O) groups is 2. The van der Waals surface area contributed by atoms with Crippen LogP contribution in [0.4, 0.5) is 4.79 Å². The van der Waals surface area contributed by atoms with Gasteiger partial charge in [0.15, 0.2) is 0 Å². The van der Waals surface area contributed by atoms with Crippen molar-refractivity contribution in [1.82, 2.24) is 10.7 Å². The minimum atomic E-state index is -0.513. The van der Waals surface area contributed by atoms with E-state index < -0.39 is 6.09 Å². The van der Waals surface area contributed by atoms with Crippen LogP contribution in [-0.4, -0.2) is 25.2 Å². The molecule has 4 N–H and O–H groups in total. The van der Waals surface area contributed by atoms with Gasteiger partial charge in [0.05, 0.1) is 16.3 Å². The van der Waals surface area contributed by atoms with Gasteiger partial charge in [0.25, 0.3) is 5.91 Å². The molecule has 1 aromatic heterocycles. The number of amides is 2. The number of alkyl carbamates (subject to hydrolysis) is 1. The number of carbonyl (C=O) groups excluding carboxylic acids is 2. The molecule has 6 nitrogen and oxygen atoms in total. The van der Waals surface area contributed by atoms with Crippen molar-refractivity contribution < 1.29 is 14.3 Å². The van der Waals surface area contributed by atoms with Crippen LogP contribution >= 0.6 is 11.3 Å². The summed E-state index contributed by atoms with van der Waals surface area (Å²) in [4.78, 5) is 24.7. The van der Waals surface area contributed by atoms with Crippen molar-refractivity contribution >= 4 is 23.3 Å². The van der Waals surface area contributed by atoms with Gasteiger partial charge >= 0.3 is 6.09 Å². The topological polar surface area (TPSA) is 93.5 Å². The van der Waals surface area contributed by atoms with Crippen LogP contribution in [0.15, 0.2) is 60.7 Å². The summed E-state index contributed by atoms with van der Waals surface area (Å²) in [6, 6.07) is 19.8. The minimum absolute atomic E-state index is 0.0208. The number of thiophene rings is 1. The zero-order valence-corrected chi connectivity index (χ0v) is 16.8. The van der Waals surface area contributed by atoms with Gasteiger partial charge in [-0.3, -0.25) is 10.2 Å². The smallest absolute Gasteiger partial charge is 0.407 e. The molecular weight excluding hydrogens is 398 g/mol. The number of nitrogens with two attached hydrogens (primary N) is 1. The third-order valence-corrected chi connectivity index (χ3v) is 5.84. The van der Waals surface area contributed by atoms with Crippen molar-refractivity contribution in [2.45, 2.75) is 5.92 Å². The van der Waals surface area contributed by atoms with Crippen LogP contribution in [-0.2, 0) is 4.74 Å². The summed E-state index contributed by atoms with van der Waals surface area (Å²) < 4.78 is 5.46. The molecule has 4 rings (SSSR count). The van der Waals surface area contributed by atoms with E-state index in [0.29, 0.717) is 9.75 Å². The first kappa shape index (κ1) is 19.7. The lowest BCUT2D eigenvalue weighted by atomic mass is 9.98. The van der Waals surface area contributed by atoms with E-state index in [4.69, 9.17) is 10.6 Å². The largest absolute Gasteiger partial charge is 0.449 e. The van der Waals surface area contributed by atoms with Gasteiger partial charge in [-0.15, -0.1) is 11.3 Å². The van der Waals surface area contributed by atoms with Crippen molar-refractivity contribution in [3.05, 3.63) is 81.5 Å². The van der Waals surface area contributed by atoms with E-state index in [0.717, 1.165) is 0 Å². The molecule has 7 heteroatoms. The number of fused-ring (bicyclic) bond motifs is 3. The number of hydrogen-bond acceptors (Lipinski definition) is 5. The lowest BCUT2D eigenvalue weighted by molar-refractivity contribution is 0.0957. The Morgan fingerprint density at radius 1 is 1.00 bits per heavy atom. The maximum absolute atomic E-state index is 12.1. The third kappa shape index (κ3) is 4.06. The monoisotopic (exact) mass is 417 g/mol. The van der Waals surface area contributed by atoms with Gasteiger partial charge in [0.1, 0.15) is 6.61 Å². The van der Waals surface area contributed by atoms with Gasteiger partial charge in [-0.25, -0.2) is 10.6 Å². The summed E-state index contributed by atoms with van der Waals surface area (Å²) in [6.45, 7) is 0.406. The van der Waals surface area contributed by atoms with E-state index >= 15 is 0 Å². The number of nitrogens with one attached hydrogen (secondary N) is 2. The number of ether oxygens (including phenoxy) is 1. The highest BCUT2D eigenvalue weighted by molar-refractivity contribution is 7.14. The van der Waals surface area contributed by atoms with E-state index in [1.165, 1.54) is 33.6 Å². The van der Waals surface area contributed by atoms with Crippen LogP contribution in [0, 0.1) is 11.8 Å². The Morgan fingerprint density at radius 3 is 2.33 bits per heavy atom. The van der Waals surface area contributed by atoms with Gasteiger partial charge in [-0.2, -0.15) is 0 Å². The Kier molecular flexibility index (Phi) is 5.80. The highest BCUT2D eigenvalue weighted by Gasteiger charge is 2.28. The van der Waals surface area contributed by atoms with Crippen LogP contribution in [0.3, 0.4) is 0 Å². The summed E-state index contributed by atoms with van der Waals surface area (Å²) in [6.07, 6.45) is -0.513. The first-order chi connectivity index (χ1) is 14.7. The lowest BCUT2D eigenvalue weighted by Crippen LogP contribution is -2.29. The lowest BCUT2D eigenvalue weighted by Gasteiger charge is -2.14. The SMILES string of the molecule is NNC(=O)c1ccc(C#CCNC(=O)OCC2c3ccccc3-c3ccccc32)s1. The van der Waals surface area contributed by atoms with E-state index in [1.807, 2.05) is 24.3 Å². The molecule has 0 bridgehead atoms. The van der Waals surface area contributed by atoms with E-state index in [1.54, 1.807) is 12.1 Å². The quantitative estimate of drug-likeness (QED) is 0.263. The van der Waals surface area contributed by atoms with Crippen molar-refractivity contribution in [2.24, 2.45) is 5.84 Å². The molecule has 2 amide bonds. The molecule has 0 radical (unpaired) electrons. The average Bonchev–Trinajstić information content (AvgIpc) is 3.38. The third-order valence-electron chi connectivity index (χ3n) is 4.84. The molecule has 150 valence electrons. The molecule has 0 atom stereocenters. The maximum Gasteiger partial charge on any atom is 0.407 e. The zero-order chi connectivity index (χ0) is 20.9. The molecule has 0 spiro atoms. The Bertz CT molecular complexity index is 1110. The number of rotatable bonds is 4. The number of hydrogen-bond donors (Lipinski definition) is 3. The Morgan fingerprint density at radius 2 is 1.67 bits per heavy atom. The summed E-state index contributed by atoms with van der Waals surface area (Å²) in [5, 5.41) is 2.64. The first-order valence-electron chi connectivity index (χ1n) is 9.36. The van der Waals surface area contributed by atoms with E-state index in [2.05, 4.69) is 46.8 Å². The molecule has 0 aliphatic heterocycles. The van der Waals surface area contributed by atoms with Gasteiger partial charge in [-0.1, -0.05) is 60.4 Å². The fraction of sp³-hybridized carbons (Fsp3) is 0.130. The van der Waals surface area contributed by atoms with Gasteiger partial charge in [0, 0.05) is 5.92 Å². The number of benzene rings is 2. The maximum atomic E-state index is 12.1. The number of hydrazine groups is 1. The second-order valence-corrected chi connectivity index (χ2v) is 7.70. The van der Waals surface area contributed by atoms with Crippen LogP contribution in [0.5, 0.6) is 0 Å². The molecule has 2 aromatic carbocycles. The average molecular weight is 417 g/mol.